The maximum atomic E-state index is 12.4. The van der Waals surface area contributed by atoms with Gasteiger partial charge >= 0.3 is 6.09 Å². The highest BCUT2D eigenvalue weighted by Crippen LogP contribution is 2.21. The Hall–Kier alpha value is -2.05. The van der Waals surface area contributed by atoms with E-state index in [4.69, 9.17) is 9.47 Å². The van der Waals surface area contributed by atoms with Crippen LogP contribution < -0.4 is 10.1 Å². The SMILES string of the molecule is COc1cc(NC[C@H]2CCCCN2C(=O)OC(C)(C)C)ncn1. The summed E-state index contributed by atoms with van der Waals surface area (Å²) in [5, 5.41) is 3.26. The van der Waals surface area contributed by atoms with E-state index in [0.29, 0.717) is 18.2 Å². The number of carbonyl (C=O) groups excluding carboxylic acids is 1. The molecule has 2 rings (SSSR count). The van der Waals surface area contributed by atoms with Crippen molar-refractivity contribution in [2.45, 2.75) is 51.7 Å². The van der Waals surface area contributed by atoms with Gasteiger partial charge in [0.05, 0.1) is 13.2 Å². The second-order valence-corrected chi connectivity index (χ2v) is 6.65. The van der Waals surface area contributed by atoms with E-state index in [2.05, 4.69) is 15.3 Å². The number of hydrogen-bond acceptors (Lipinski definition) is 6. The van der Waals surface area contributed by atoms with Gasteiger partial charge < -0.3 is 19.7 Å². The molecule has 7 heteroatoms. The van der Waals surface area contributed by atoms with Crippen LogP contribution in [0.3, 0.4) is 0 Å². The fourth-order valence-electron chi connectivity index (χ4n) is 2.54. The van der Waals surface area contributed by atoms with Crippen LogP contribution in [0, 0.1) is 0 Å². The summed E-state index contributed by atoms with van der Waals surface area (Å²) in [4.78, 5) is 22.3. The molecule has 1 aromatic rings. The molecule has 0 aliphatic carbocycles. The Morgan fingerprint density at radius 2 is 2.17 bits per heavy atom. The Bertz CT molecular complexity index is 530. The molecule has 1 N–H and O–H groups in total. The average Bonchev–Trinajstić information content (AvgIpc) is 2.52. The summed E-state index contributed by atoms with van der Waals surface area (Å²) >= 11 is 0. The number of piperidine rings is 1. The van der Waals surface area contributed by atoms with E-state index in [1.807, 2.05) is 25.7 Å². The first kappa shape index (κ1) is 17.3. The molecule has 0 spiro atoms. The number of nitrogens with one attached hydrogen (secondary N) is 1. The maximum Gasteiger partial charge on any atom is 0.410 e. The zero-order chi connectivity index (χ0) is 16.9. The molecule has 1 fully saturated rings. The number of rotatable bonds is 4. The van der Waals surface area contributed by atoms with Crippen LogP contribution in [0.4, 0.5) is 10.6 Å². The Balaban J connectivity index is 1.96. The molecule has 7 nitrogen and oxygen atoms in total. The number of aromatic nitrogens is 2. The summed E-state index contributed by atoms with van der Waals surface area (Å²) in [5.41, 5.74) is -0.480. The molecule has 0 aromatic carbocycles. The van der Waals surface area contributed by atoms with Gasteiger partial charge in [-0.1, -0.05) is 0 Å². The summed E-state index contributed by atoms with van der Waals surface area (Å²) in [6.07, 6.45) is 4.28. The van der Waals surface area contributed by atoms with Gasteiger partial charge in [0, 0.05) is 19.2 Å². The van der Waals surface area contributed by atoms with Gasteiger partial charge in [-0.2, -0.15) is 0 Å². The number of amides is 1. The molecule has 0 bridgehead atoms. The van der Waals surface area contributed by atoms with Crippen LogP contribution in [0.1, 0.15) is 40.0 Å². The topological polar surface area (TPSA) is 76.6 Å². The van der Waals surface area contributed by atoms with Crippen LogP contribution in [-0.4, -0.2) is 52.8 Å². The number of anilines is 1. The van der Waals surface area contributed by atoms with Crippen LogP contribution in [0.15, 0.2) is 12.4 Å². The van der Waals surface area contributed by atoms with Crippen LogP contribution in [0.5, 0.6) is 5.88 Å². The van der Waals surface area contributed by atoms with Crippen molar-refractivity contribution in [3.63, 3.8) is 0 Å². The van der Waals surface area contributed by atoms with E-state index in [0.717, 1.165) is 25.8 Å². The lowest BCUT2D eigenvalue weighted by Crippen LogP contribution is -2.48. The third kappa shape index (κ3) is 5.26. The molecule has 1 atom stereocenters. The maximum absolute atomic E-state index is 12.4. The van der Waals surface area contributed by atoms with Gasteiger partial charge in [0.2, 0.25) is 5.88 Å². The number of likely N-dealkylation sites (tertiary alicyclic amines) is 1. The summed E-state index contributed by atoms with van der Waals surface area (Å²) in [6.45, 7) is 7.01. The molecular formula is C16H26N4O3. The first-order valence-electron chi connectivity index (χ1n) is 7.98. The lowest BCUT2D eigenvalue weighted by molar-refractivity contribution is 0.0114. The number of nitrogens with zero attached hydrogens (tertiary/aromatic N) is 3. The van der Waals surface area contributed by atoms with Gasteiger partial charge in [-0.25, -0.2) is 14.8 Å². The highest BCUT2D eigenvalue weighted by atomic mass is 16.6. The highest BCUT2D eigenvalue weighted by molar-refractivity contribution is 5.68. The Kier molecular flexibility index (Phi) is 5.63. The number of methoxy groups -OCH3 is 1. The Labute approximate surface area is 137 Å². The molecular weight excluding hydrogens is 296 g/mol. The van der Waals surface area contributed by atoms with Crippen LogP contribution in [0.25, 0.3) is 0 Å². The van der Waals surface area contributed by atoms with Crippen molar-refractivity contribution < 1.29 is 14.3 Å². The fraction of sp³-hybridized carbons (Fsp3) is 0.688. The van der Waals surface area contributed by atoms with Crippen LogP contribution in [0.2, 0.25) is 0 Å². The molecule has 0 unspecified atom stereocenters. The van der Waals surface area contributed by atoms with Gasteiger partial charge in [0.1, 0.15) is 17.7 Å². The predicted molar refractivity (Wildman–Crippen MR) is 87.7 cm³/mol. The van der Waals surface area contributed by atoms with Crippen molar-refractivity contribution in [3.05, 3.63) is 12.4 Å². The third-order valence-electron chi connectivity index (χ3n) is 3.63. The van der Waals surface area contributed by atoms with Crippen molar-refractivity contribution in [1.29, 1.82) is 0 Å². The molecule has 1 aliphatic rings. The summed E-state index contributed by atoms with van der Waals surface area (Å²) in [5.74, 6) is 1.20. The van der Waals surface area contributed by atoms with E-state index in [-0.39, 0.29) is 12.1 Å². The van der Waals surface area contributed by atoms with Crippen molar-refractivity contribution in [2.24, 2.45) is 0 Å². The molecule has 23 heavy (non-hydrogen) atoms. The molecule has 2 heterocycles. The minimum Gasteiger partial charge on any atom is -0.481 e. The fourth-order valence-corrected chi connectivity index (χ4v) is 2.54. The summed E-state index contributed by atoms with van der Waals surface area (Å²) in [6, 6.07) is 1.83. The van der Waals surface area contributed by atoms with E-state index >= 15 is 0 Å². The van der Waals surface area contributed by atoms with E-state index in [1.54, 1.807) is 13.2 Å². The molecule has 0 saturated carbocycles. The molecule has 1 saturated heterocycles. The van der Waals surface area contributed by atoms with Crippen molar-refractivity contribution >= 4 is 11.9 Å². The quantitative estimate of drug-likeness (QED) is 0.918. The van der Waals surface area contributed by atoms with Crippen molar-refractivity contribution in [3.8, 4) is 5.88 Å². The van der Waals surface area contributed by atoms with Crippen LogP contribution >= 0.6 is 0 Å². The Morgan fingerprint density at radius 3 is 2.87 bits per heavy atom. The van der Waals surface area contributed by atoms with Crippen molar-refractivity contribution in [1.82, 2.24) is 14.9 Å². The van der Waals surface area contributed by atoms with Gasteiger partial charge in [0.15, 0.2) is 0 Å². The van der Waals surface area contributed by atoms with Crippen molar-refractivity contribution in [2.75, 3.05) is 25.5 Å². The monoisotopic (exact) mass is 322 g/mol. The number of hydrogen-bond donors (Lipinski definition) is 1. The minimum atomic E-state index is -0.480. The predicted octanol–water partition coefficient (Wildman–Crippen LogP) is 2.69. The molecule has 1 amide bonds. The normalized spacial score (nSPS) is 18.4. The first-order valence-corrected chi connectivity index (χ1v) is 7.98. The van der Waals surface area contributed by atoms with Gasteiger partial charge in [0.25, 0.3) is 0 Å². The molecule has 1 aliphatic heterocycles. The van der Waals surface area contributed by atoms with E-state index in [1.165, 1.54) is 6.33 Å². The number of carbonyl (C=O) groups is 1. The smallest absolute Gasteiger partial charge is 0.410 e. The van der Waals surface area contributed by atoms with Gasteiger partial charge in [-0.15, -0.1) is 0 Å². The number of ether oxygens (including phenoxy) is 2. The lowest BCUT2D eigenvalue weighted by Gasteiger charge is -2.36. The van der Waals surface area contributed by atoms with Gasteiger partial charge in [-0.05, 0) is 40.0 Å². The zero-order valence-corrected chi connectivity index (χ0v) is 14.3. The minimum absolute atomic E-state index is 0.0968. The summed E-state index contributed by atoms with van der Waals surface area (Å²) < 4.78 is 10.6. The Morgan fingerprint density at radius 1 is 1.39 bits per heavy atom. The first-order chi connectivity index (χ1) is 10.9. The summed E-state index contributed by atoms with van der Waals surface area (Å²) in [7, 11) is 1.57. The second kappa shape index (κ2) is 7.48. The zero-order valence-electron chi connectivity index (χ0n) is 14.3. The molecule has 1 aromatic heterocycles. The van der Waals surface area contributed by atoms with E-state index < -0.39 is 5.60 Å². The van der Waals surface area contributed by atoms with Gasteiger partial charge in [-0.3, -0.25) is 0 Å². The van der Waals surface area contributed by atoms with E-state index in [9.17, 15) is 4.79 Å². The average molecular weight is 322 g/mol. The lowest BCUT2D eigenvalue weighted by atomic mass is 10.0. The molecule has 128 valence electrons. The second-order valence-electron chi connectivity index (χ2n) is 6.65. The van der Waals surface area contributed by atoms with Crippen LogP contribution in [-0.2, 0) is 4.74 Å². The third-order valence-corrected chi connectivity index (χ3v) is 3.63. The largest absolute Gasteiger partial charge is 0.481 e. The molecule has 0 radical (unpaired) electrons. The standard InChI is InChI=1S/C16H26N4O3/c1-16(2,3)23-15(21)20-8-6-5-7-12(20)10-17-13-9-14(22-4)19-11-18-13/h9,11-12H,5-8,10H2,1-4H3,(H,17,18,19)/t12-/m1/s1. The highest BCUT2D eigenvalue weighted by Gasteiger charge is 2.30.